The Labute approximate surface area is 173 Å². The lowest BCUT2D eigenvalue weighted by molar-refractivity contribution is 0.283. The van der Waals surface area contributed by atoms with Crippen molar-refractivity contribution in [2.24, 2.45) is 0 Å². The zero-order chi connectivity index (χ0) is 22.6. The minimum Gasteiger partial charge on any atom is -0.485 e. The van der Waals surface area contributed by atoms with Crippen LogP contribution in [0.1, 0.15) is 12.0 Å². The molecule has 0 fully saturated rings. The van der Waals surface area contributed by atoms with Crippen LogP contribution in [0, 0.1) is 23.3 Å². The number of aromatic nitrogens is 4. The number of anilines is 2. The lowest BCUT2D eigenvalue weighted by Crippen LogP contribution is -2.08. The number of aryl methyl sites for hydroxylation is 1. The average Bonchev–Trinajstić information content (AvgIpc) is 3.14. The summed E-state index contributed by atoms with van der Waals surface area (Å²) in [6.07, 6.45) is 4.08. The number of ether oxygens (including phenoxy) is 1. The maximum atomic E-state index is 13.6. The maximum Gasteiger partial charge on any atom is 0.264 e. The largest absolute Gasteiger partial charge is 0.485 e. The Hall–Kier alpha value is -3.26. The molecule has 0 amide bonds. The highest BCUT2D eigenvalue weighted by molar-refractivity contribution is 7.85. The van der Waals surface area contributed by atoms with Gasteiger partial charge in [0.15, 0.2) is 34.8 Å². The molecule has 0 radical (unpaired) electrons. The Balaban J connectivity index is 1.57. The lowest BCUT2D eigenvalue weighted by atomic mass is 10.2. The summed E-state index contributed by atoms with van der Waals surface area (Å²) in [6, 6.07) is 1.68. The van der Waals surface area contributed by atoms with E-state index in [-0.39, 0.29) is 30.7 Å². The third-order valence-corrected chi connectivity index (χ3v) is 4.69. The van der Waals surface area contributed by atoms with E-state index in [1.54, 1.807) is 12.3 Å². The molecule has 1 aromatic carbocycles. The number of rotatable bonds is 9. The number of nitrogens with zero attached hydrogens (tertiary/aromatic N) is 4. The normalized spacial score (nSPS) is 11.5. The number of hydrogen-bond acceptors (Lipinski definition) is 7. The number of nitrogens with one attached hydrogen (secondary N) is 1. The van der Waals surface area contributed by atoms with E-state index in [1.807, 2.05) is 0 Å². The van der Waals surface area contributed by atoms with Crippen LogP contribution in [0.15, 0.2) is 30.7 Å². The quantitative estimate of drug-likeness (QED) is 0.284. The van der Waals surface area contributed by atoms with Crippen LogP contribution in [0.25, 0.3) is 0 Å². The summed E-state index contributed by atoms with van der Waals surface area (Å²) in [5.74, 6) is -6.13. The molecule has 3 rings (SSSR count). The molecule has 2 heterocycles. The summed E-state index contributed by atoms with van der Waals surface area (Å²) in [5, 5.41) is 6.89. The van der Waals surface area contributed by atoms with Gasteiger partial charge >= 0.3 is 0 Å². The van der Waals surface area contributed by atoms with Crippen molar-refractivity contribution in [3.63, 3.8) is 0 Å². The van der Waals surface area contributed by atoms with Crippen LogP contribution in [-0.4, -0.2) is 38.5 Å². The minimum atomic E-state index is -4.04. The minimum absolute atomic E-state index is 0.00948. The van der Waals surface area contributed by atoms with Gasteiger partial charge in [0.25, 0.3) is 10.1 Å². The van der Waals surface area contributed by atoms with E-state index in [0.717, 1.165) is 0 Å². The van der Waals surface area contributed by atoms with Gasteiger partial charge in [-0.25, -0.2) is 27.5 Å². The molecule has 31 heavy (non-hydrogen) atoms. The van der Waals surface area contributed by atoms with Crippen LogP contribution < -0.4 is 10.1 Å². The molecule has 3 aromatic rings. The summed E-state index contributed by atoms with van der Waals surface area (Å²) in [6.45, 7) is -0.528. The van der Waals surface area contributed by atoms with E-state index in [2.05, 4.69) is 20.4 Å². The van der Waals surface area contributed by atoms with Crippen molar-refractivity contribution in [3.05, 3.63) is 59.6 Å². The second-order valence-electron chi connectivity index (χ2n) is 6.21. The molecular formula is C17H15F4N5O4S. The molecule has 2 aromatic heterocycles. The van der Waals surface area contributed by atoms with Gasteiger partial charge in [0, 0.05) is 24.9 Å². The van der Waals surface area contributed by atoms with Crippen LogP contribution in [0.2, 0.25) is 0 Å². The molecule has 0 unspecified atom stereocenters. The first-order valence-electron chi connectivity index (χ1n) is 8.65. The maximum absolute atomic E-state index is 13.6. The topological polar surface area (TPSA) is 119 Å². The van der Waals surface area contributed by atoms with Gasteiger partial charge in [0.05, 0.1) is 23.7 Å². The fourth-order valence-electron chi connectivity index (χ4n) is 2.44. The molecule has 0 saturated carbocycles. The van der Waals surface area contributed by atoms with Crippen molar-refractivity contribution in [1.29, 1.82) is 0 Å². The number of halogens is 4. The lowest BCUT2D eigenvalue weighted by Gasteiger charge is -2.09. The van der Waals surface area contributed by atoms with Gasteiger partial charge < -0.3 is 10.1 Å². The van der Waals surface area contributed by atoms with E-state index in [4.69, 9.17) is 9.29 Å². The van der Waals surface area contributed by atoms with Crippen LogP contribution in [0.3, 0.4) is 0 Å². The molecule has 0 aliphatic heterocycles. The molecule has 0 spiro atoms. The van der Waals surface area contributed by atoms with Crippen LogP contribution >= 0.6 is 0 Å². The van der Waals surface area contributed by atoms with Crippen molar-refractivity contribution >= 4 is 21.9 Å². The van der Waals surface area contributed by atoms with Crippen LogP contribution in [0.5, 0.6) is 5.75 Å². The second-order valence-corrected chi connectivity index (χ2v) is 7.78. The Morgan fingerprint density at radius 2 is 1.74 bits per heavy atom. The summed E-state index contributed by atoms with van der Waals surface area (Å²) >= 11 is 0. The van der Waals surface area contributed by atoms with E-state index >= 15 is 0 Å². The summed E-state index contributed by atoms with van der Waals surface area (Å²) in [4.78, 5) is 7.85. The SMILES string of the molecule is O=S(=O)(O)CCCn1ccc(Nc2ncc(OCc3c(F)c(F)cc(F)c3F)cn2)n1. The summed E-state index contributed by atoms with van der Waals surface area (Å²) in [5.41, 5.74) is -0.903. The van der Waals surface area contributed by atoms with Gasteiger partial charge in [0.2, 0.25) is 5.95 Å². The fraction of sp³-hybridized carbons (Fsp3) is 0.235. The molecular weight excluding hydrogens is 446 g/mol. The van der Waals surface area contributed by atoms with E-state index in [1.165, 1.54) is 17.1 Å². The first-order valence-corrected chi connectivity index (χ1v) is 10.3. The van der Waals surface area contributed by atoms with Gasteiger partial charge in [-0.2, -0.15) is 13.5 Å². The van der Waals surface area contributed by atoms with Gasteiger partial charge in [-0.3, -0.25) is 9.23 Å². The third kappa shape index (κ3) is 6.11. The van der Waals surface area contributed by atoms with Crippen molar-refractivity contribution in [2.75, 3.05) is 11.1 Å². The predicted octanol–water partition coefficient (Wildman–Crippen LogP) is 2.83. The van der Waals surface area contributed by atoms with E-state index in [0.29, 0.717) is 5.82 Å². The molecule has 2 N–H and O–H groups in total. The summed E-state index contributed by atoms with van der Waals surface area (Å²) in [7, 11) is -4.04. The van der Waals surface area contributed by atoms with Gasteiger partial charge in [0.1, 0.15) is 6.61 Å². The fourth-order valence-corrected chi connectivity index (χ4v) is 2.93. The molecule has 0 bridgehead atoms. The highest BCUT2D eigenvalue weighted by atomic mass is 32.2. The predicted molar refractivity (Wildman–Crippen MR) is 99.2 cm³/mol. The highest BCUT2D eigenvalue weighted by Crippen LogP contribution is 2.21. The van der Waals surface area contributed by atoms with Crippen molar-refractivity contribution in [3.8, 4) is 5.75 Å². The molecule has 14 heteroatoms. The molecule has 0 aliphatic carbocycles. The van der Waals surface area contributed by atoms with Crippen molar-refractivity contribution < 1.29 is 35.3 Å². The summed E-state index contributed by atoms with van der Waals surface area (Å²) < 4.78 is 90.3. The first-order chi connectivity index (χ1) is 14.6. The number of benzene rings is 1. The van der Waals surface area contributed by atoms with Crippen molar-refractivity contribution in [2.45, 2.75) is 19.6 Å². The Morgan fingerprint density at radius 3 is 2.35 bits per heavy atom. The molecule has 0 saturated heterocycles. The molecule has 0 aliphatic rings. The zero-order valence-electron chi connectivity index (χ0n) is 15.6. The van der Waals surface area contributed by atoms with Crippen LogP contribution in [-0.2, 0) is 23.3 Å². The van der Waals surface area contributed by atoms with Gasteiger partial charge in [-0.05, 0) is 6.42 Å². The smallest absolute Gasteiger partial charge is 0.264 e. The number of hydrogen-bond donors (Lipinski definition) is 2. The molecule has 0 atom stereocenters. The first kappa shape index (κ1) is 22.4. The highest BCUT2D eigenvalue weighted by Gasteiger charge is 2.19. The van der Waals surface area contributed by atoms with Crippen LogP contribution in [0.4, 0.5) is 29.3 Å². The third-order valence-electron chi connectivity index (χ3n) is 3.88. The second kappa shape index (κ2) is 9.26. The van der Waals surface area contributed by atoms with E-state index < -0.39 is 51.3 Å². The van der Waals surface area contributed by atoms with Crippen molar-refractivity contribution in [1.82, 2.24) is 19.7 Å². The Bertz CT molecular complexity index is 1150. The monoisotopic (exact) mass is 461 g/mol. The standard InChI is InChI=1S/C17H15F4N5O4S/c18-12-6-13(19)16(21)11(15(12)20)9-30-10-7-22-17(23-8-10)24-14-2-4-26(25-14)3-1-5-31(27,28)29/h2,4,6-8H,1,3,5,9H2,(H,27,28,29)(H,22,23,24,25). The van der Waals surface area contributed by atoms with Gasteiger partial charge in [-0.1, -0.05) is 0 Å². The Morgan fingerprint density at radius 1 is 1.10 bits per heavy atom. The average molecular weight is 461 g/mol. The van der Waals surface area contributed by atoms with E-state index in [9.17, 15) is 26.0 Å². The van der Waals surface area contributed by atoms with Gasteiger partial charge in [-0.15, -0.1) is 0 Å². The Kier molecular flexibility index (Phi) is 6.70. The zero-order valence-corrected chi connectivity index (χ0v) is 16.4. The molecule has 9 nitrogen and oxygen atoms in total. The molecule has 166 valence electrons.